The maximum atomic E-state index is 11.4. The summed E-state index contributed by atoms with van der Waals surface area (Å²) in [5.74, 6) is -0.364. The summed E-state index contributed by atoms with van der Waals surface area (Å²) in [6, 6.07) is 1.61. The van der Waals surface area contributed by atoms with Crippen LogP contribution in [-0.4, -0.2) is 26.7 Å². The molecule has 1 aromatic heterocycles. The molecule has 4 nitrogen and oxygen atoms in total. The third-order valence-electron chi connectivity index (χ3n) is 2.38. The molecule has 1 aromatic carbocycles. The topological polar surface area (TPSA) is 52.1 Å². The molecule has 18 heavy (non-hydrogen) atoms. The predicted octanol–water partition coefficient (Wildman–Crippen LogP) is 3.48. The molecule has 0 aliphatic carbocycles. The summed E-state index contributed by atoms with van der Waals surface area (Å²) < 4.78 is 12.9. The van der Waals surface area contributed by atoms with Crippen molar-refractivity contribution in [1.82, 2.24) is 8.75 Å². The van der Waals surface area contributed by atoms with Crippen LogP contribution in [0.3, 0.4) is 0 Å². The summed E-state index contributed by atoms with van der Waals surface area (Å²) in [4.78, 5) is 10.9. The number of hydrogen-bond acceptors (Lipinski definition) is 5. The molecule has 1 heterocycles. The standard InChI is InChI=1S/C10H7BrCl2N2O2S/c1-17-10(16)5(11)2-4-6(12)3-7(13)9-8(4)14-18-15-9/h3,5H,2H2,1H3. The highest BCUT2D eigenvalue weighted by molar-refractivity contribution is 9.10. The van der Waals surface area contributed by atoms with Gasteiger partial charge in [0.15, 0.2) is 0 Å². The van der Waals surface area contributed by atoms with Gasteiger partial charge >= 0.3 is 5.97 Å². The number of fused-ring (bicyclic) bond motifs is 1. The second kappa shape index (κ2) is 5.69. The molecule has 2 rings (SSSR count). The van der Waals surface area contributed by atoms with Crippen molar-refractivity contribution < 1.29 is 9.53 Å². The largest absolute Gasteiger partial charge is 0.468 e. The monoisotopic (exact) mass is 368 g/mol. The Kier molecular flexibility index (Phi) is 4.42. The van der Waals surface area contributed by atoms with Crippen LogP contribution in [0.15, 0.2) is 6.07 Å². The Balaban J connectivity index is 2.44. The average molecular weight is 370 g/mol. The number of esters is 1. The average Bonchev–Trinajstić information content (AvgIpc) is 2.82. The van der Waals surface area contributed by atoms with Crippen LogP contribution < -0.4 is 0 Å². The van der Waals surface area contributed by atoms with E-state index in [0.29, 0.717) is 27.5 Å². The van der Waals surface area contributed by atoms with E-state index in [1.807, 2.05) is 0 Å². The normalized spacial score (nSPS) is 12.7. The van der Waals surface area contributed by atoms with Crippen LogP contribution in [-0.2, 0) is 16.0 Å². The van der Waals surface area contributed by atoms with Gasteiger partial charge in [-0.1, -0.05) is 39.1 Å². The third-order valence-corrected chi connectivity index (χ3v) is 4.23. The summed E-state index contributed by atoms with van der Waals surface area (Å²) in [7, 11) is 1.33. The molecule has 0 radical (unpaired) electrons. The Morgan fingerprint density at radius 3 is 2.78 bits per heavy atom. The number of halogens is 3. The highest BCUT2D eigenvalue weighted by Gasteiger charge is 2.21. The van der Waals surface area contributed by atoms with Crippen molar-refractivity contribution in [3.05, 3.63) is 21.7 Å². The molecule has 0 aliphatic rings. The number of rotatable bonds is 3. The van der Waals surface area contributed by atoms with E-state index < -0.39 is 4.83 Å². The molecule has 1 atom stereocenters. The molecule has 2 aromatic rings. The Bertz CT molecular complexity index is 605. The van der Waals surface area contributed by atoms with Gasteiger partial charge in [0.2, 0.25) is 0 Å². The lowest BCUT2D eigenvalue weighted by molar-refractivity contribution is -0.139. The second-order valence-electron chi connectivity index (χ2n) is 3.48. The fourth-order valence-electron chi connectivity index (χ4n) is 1.51. The van der Waals surface area contributed by atoms with Gasteiger partial charge in [0.25, 0.3) is 0 Å². The highest BCUT2D eigenvalue weighted by Crippen LogP contribution is 2.32. The van der Waals surface area contributed by atoms with E-state index in [1.165, 1.54) is 7.11 Å². The van der Waals surface area contributed by atoms with Crippen molar-refractivity contribution in [2.24, 2.45) is 0 Å². The van der Waals surface area contributed by atoms with Crippen molar-refractivity contribution in [3.63, 3.8) is 0 Å². The fraction of sp³-hybridized carbons (Fsp3) is 0.300. The van der Waals surface area contributed by atoms with Gasteiger partial charge in [0, 0.05) is 10.6 Å². The van der Waals surface area contributed by atoms with Gasteiger partial charge in [0.1, 0.15) is 15.9 Å². The van der Waals surface area contributed by atoms with E-state index in [2.05, 4.69) is 29.4 Å². The van der Waals surface area contributed by atoms with E-state index in [4.69, 9.17) is 23.2 Å². The summed E-state index contributed by atoms with van der Waals surface area (Å²) in [5.41, 5.74) is 1.97. The Morgan fingerprint density at radius 1 is 1.44 bits per heavy atom. The molecule has 1 unspecified atom stereocenters. The van der Waals surface area contributed by atoms with Crippen LogP contribution in [0.5, 0.6) is 0 Å². The van der Waals surface area contributed by atoms with E-state index >= 15 is 0 Å². The van der Waals surface area contributed by atoms with Crippen molar-refractivity contribution in [2.45, 2.75) is 11.2 Å². The minimum atomic E-state index is -0.480. The first-order valence-electron chi connectivity index (χ1n) is 4.85. The number of methoxy groups -OCH3 is 1. The van der Waals surface area contributed by atoms with Crippen molar-refractivity contribution in [3.8, 4) is 0 Å². The maximum Gasteiger partial charge on any atom is 0.319 e. The lowest BCUT2D eigenvalue weighted by atomic mass is 10.1. The quantitative estimate of drug-likeness (QED) is 0.613. The molecule has 0 bridgehead atoms. The van der Waals surface area contributed by atoms with Gasteiger partial charge in [0.05, 0.1) is 23.9 Å². The Hall–Kier alpha value is -0.430. The first-order chi connectivity index (χ1) is 8.54. The lowest BCUT2D eigenvalue weighted by Crippen LogP contribution is -2.18. The highest BCUT2D eigenvalue weighted by atomic mass is 79.9. The maximum absolute atomic E-state index is 11.4. The van der Waals surface area contributed by atoms with Gasteiger partial charge in [-0.2, -0.15) is 8.75 Å². The lowest BCUT2D eigenvalue weighted by Gasteiger charge is -2.10. The van der Waals surface area contributed by atoms with Crippen molar-refractivity contribution >= 4 is 67.9 Å². The van der Waals surface area contributed by atoms with Crippen molar-refractivity contribution in [2.75, 3.05) is 7.11 Å². The molecule has 0 amide bonds. The predicted molar refractivity (Wildman–Crippen MR) is 75.9 cm³/mol. The molecule has 0 fully saturated rings. The second-order valence-corrected chi connectivity index (χ2v) is 5.92. The molecular weight excluding hydrogens is 363 g/mol. The number of alkyl halides is 1. The molecule has 0 saturated heterocycles. The zero-order valence-electron chi connectivity index (χ0n) is 9.11. The van der Waals surface area contributed by atoms with Crippen LogP contribution in [0.4, 0.5) is 0 Å². The SMILES string of the molecule is COC(=O)C(Br)Cc1c(Cl)cc(Cl)c2nsnc12. The number of nitrogens with zero attached hydrogens (tertiary/aromatic N) is 2. The fourth-order valence-corrected chi connectivity index (χ4v) is 3.23. The molecular formula is C10H7BrCl2N2O2S. The molecule has 8 heteroatoms. The van der Waals surface area contributed by atoms with Gasteiger partial charge in [-0.3, -0.25) is 4.79 Å². The van der Waals surface area contributed by atoms with Crippen molar-refractivity contribution in [1.29, 1.82) is 0 Å². The summed E-state index contributed by atoms with van der Waals surface area (Å²) >= 11 is 16.5. The molecule has 0 N–H and O–H groups in total. The van der Waals surface area contributed by atoms with Gasteiger partial charge in [-0.15, -0.1) is 0 Å². The van der Waals surface area contributed by atoms with Gasteiger partial charge in [-0.05, 0) is 12.5 Å². The molecule has 96 valence electrons. The van der Waals surface area contributed by atoms with Gasteiger partial charge < -0.3 is 4.74 Å². The van der Waals surface area contributed by atoms with Crippen LogP contribution in [0, 0.1) is 0 Å². The minimum absolute atomic E-state index is 0.364. The number of carbonyl (C=O) groups is 1. The Morgan fingerprint density at radius 2 is 2.11 bits per heavy atom. The summed E-state index contributed by atoms with van der Waals surface area (Å²) in [6.07, 6.45) is 0.366. The van der Waals surface area contributed by atoms with E-state index in [9.17, 15) is 4.79 Å². The van der Waals surface area contributed by atoms with Crippen LogP contribution in [0.2, 0.25) is 10.0 Å². The number of ether oxygens (including phenoxy) is 1. The first kappa shape index (κ1) is 14.0. The zero-order chi connectivity index (χ0) is 13.3. The van der Waals surface area contributed by atoms with E-state index in [-0.39, 0.29) is 5.97 Å². The molecule has 0 saturated carbocycles. The summed E-state index contributed by atoms with van der Waals surface area (Å²) in [6.45, 7) is 0. The minimum Gasteiger partial charge on any atom is -0.468 e. The Labute approximate surface area is 126 Å². The van der Waals surface area contributed by atoms with Crippen LogP contribution in [0.25, 0.3) is 11.0 Å². The first-order valence-corrected chi connectivity index (χ1v) is 7.25. The number of carbonyl (C=O) groups excluding carboxylic acids is 1. The van der Waals surface area contributed by atoms with E-state index in [1.54, 1.807) is 6.07 Å². The number of hydrogen-bond donors (Lipinski definition) is 0. The van der Waals surface area contributed by atoms with E-state index in [0.717, 1.165) is 17.3 Å². The van der Waals surface area contributed by atoms with Crippen LogP contribution in [0.1, 0.15) is 5.56 Å². The smallest absolute Gasteiger partial charge is 0.319 e. The number of aromatic nitrogens is 2. The number of benzene rings is 1. The van der Waals surface area contributed by atoms with Gasteiger partial charge in [-0.25, -0.2) is 0 Å². The molecule has 0 spiro atoms. The zero-order valence-corrected chi connectivity index (χ0v) is 13.0. The summed E-state index contributed by atoms with van der Waals surface area (Å²) in [5, 5.41) is 0.922. The third kappa shape index (κ3) is 2.61. The van der Waals surface area contributed by atoms with Crippen LogP contribution >= 0.6 is 50.9 Å². The molecule has 0 aliphatic heterocycles.